The van der Waals surface area contributed by atoms with E-state index in [1.54, 1.807) is 0 Å². The zero-order chi connectivity index (χ0) is 14.0. The molecule has 0 saturated heterocycles. The van der Waals surface area contributed by atoms with Gasteiger partial charge in [-0.1, -0.05) is 23.7 Å². The molecule has 1 nitrogen and oxygen atoms in total. The molecule has 2 aromatic rings. The van der Waals surface area contributed by atoms with Crippen molar-refractivity contribution in [1.82, 2.24) is 0 Å². The summed E-state index contributed by atoms with van der Waals surface area (Å²) >= 11 is 5.77. The Balaban J connectivity index is 2.34. The van der Waals surface area contributed by atoms with Crippen LogP contribution in [-0.4, -0.2) is 5.78 Å². The van der Waals surface area contributed by atoms with E-state index in [2.05, 4.69) is 0 Å². The molecule has 0 spiro atoms. The van der Waals surface area contributed by atoms with Crippen LogP contribution >= 0.6 is 11.6 Å². The van der Waals surface area contributed by atoms with E-state index in [0.717, 1.165) is 18.2 Å². The number of carbonyl (C=O) groups excluding carboxylic acids is 1. The number of benzene rings is 2. The maximum absolute atomic E-state index is 13.5. The predicted molar refractivity (Wildman–Crippen MR) is 65.8 cm³/mol. The summed E-state index contributed by atoms with van der Waals surface area (Å²) in [6, 6.07) is 7.24. The highest BCUT2D eigenvalue weighted by Gasteiger charge is 2.18. The predicted octanol–water partition coefficient (Wildman–Crippen LogP) is 4.18. The largest absolute Gasteiger partial charge is 0.294 e. The average molecular weight is 285 g/mol. The van der Waals surface area contributed by atoms with Gasteiger partial charge in [-0.3, -0.25) is 4.79 Å². The first-order valence-electron chi connectivity index (χ1n) is 5.41. The summed E-state index contributed by atoms with van der Waals surface area (Å²) in [7, 11) is 0. The lowest BCUT2D eigenvalue weighted by molar-refractivity contribution is 0.0987. The average Bonchev–Trinajstić information content (AvgIpc) is 2.37. The lowest BCUT2D eigenvalue weighted by Gasteiger charge is -2.06. The highest BCUT2D eigenvalue weighted by atomic mass is 35.5. The number of ketones is 1. The van der Waals surface area contributed by atoms with Crippen LogP contribution in [0.1, 0.15) is 15.9 Å². The molecular formula is C14H8ClF3O. The molecule has 0 radical (unpaired) electrons. The Morgan fingerprint density at radius 2 is 1.63 bits per heavy atom. The van der Waals surface area contributed by atoms with Crippen LogP contribution in [0, 0.1) is 17.5 Å². The highest BCUT2D eigenvalue weighted by molar-refractivity contribution is 6.31. The smallest absolute Gasteiger partial charge is 0.170 e. The Morgan fingerprint density at radius 1 is 1.00 bits per heavy atom. The van der Waals surface area contributed by atoms with Crippen molar-refractivity contribution >= 4 is 17.4 Å². The highest BCUT2D eigenvalue weighted by Crippen LogP contribution is 2.22. The quantitative estimate of drug-likeness (QED) is 0.773. The summed E-state index contributed by atoms with van der Waals surface area (Å²) < 4.78 is 39.9. The molecule has 0 aliphatic rings. The van der Waals surface area contributed by atoms with E-state index in [1.807, 2.05) is 0 Å². The Labute approximate surface area is 112 Å². The van der Waals surface area contributed by atoms with Gasteiger partial charge in [0.1, 0.15) is 5.82 Å². The number of rotatable bonds is 3. The maximum atomic E-state index is 13.5. The summed E-state index contributed by atoms with van der Waals surface area (Å²) in [5.41, 5.74) is -0.447. The van der Waals surface area contributed by atoms with E-state index >= 15 is 0 Å². The van der Waals surface area contributed by atoms with Crippen LogP contribution in [0.3, 0.4) is 0 Å². The molecule has 0 N–H and O–H groups in total. The van der Waals surface area contributed by atoms with E-state index in [-0.39, 0.29) is 10.6 Å². The molecule has 2 aromatic carbocycles. The van der Waals surface area contributed by atoms with Crippen molar-refractivity contribution in [3.8, 4) is 0 Å². The van der Waals surface area contributed by atoms with Gasteiger partial charge in [0.05, 0.1) is 5.56 Å². The fourth-order valence-electron chi connectivity index (χ4n) is 1.68. The monoisotopic (exact) mass is 284 g/mol. The van der Waals surface area contributed by atoms with Gasteiger partial charge in [0.15, 0.2) is 17.4 Å². The van der Waals surface area contributed by atoms with Crippen LogP contribution in [-0.2, 0) is 6.42 Å². The molecule has 0 aliphatic carbocycles. The van der Waals surface area contributed by atoms with Crippen molar-refractivity contribution in [2.45, 2.75) is 6.42 Å². The number of hydrogen-bond acceptors (Lipinski definition) is 1. The van der Waals surface area contributed by atoms with Gasteiger partial charge in [0, 0.05) is 17.0 Å². The van der Waals surface area contributed by atoms with Crippen molar-refractivity contribution in [3.05, 3.63) is 70.0 Å². The van der Waals surface area contributed by atoms with Crippen molar-refractivity contribution in [1.29, 1.82) is 0 Å². The third kappa shape index (κ3) is 2.79. The molecule has 0 amide bonds. The first-order chi connectivity index (χ1) is 9.00. The summed E-state index contributed by atoms with van der Waals surface area (Å²) in [5.74, 6) is -3.74. The van der Waals surface area contributed by atoms with Gasteiger partial charge >= 0.3 is 0 Å². The van der Waals surface area contributed by atoms with Crippen molar-refractivity contribution < 1.29 is 18.0 Å². The zero-order valence-electron chi connectivity index (χ0n) is 9.59. The molecule has 98 valence electrons. The Morgan fingerprint density at radius 3 is 2.32 bits per heavy atom. The standard InChI is InChI=1S/C14H8ClF3O/c15-10-4-2-5-11(16)9(10)7-13(19)8-3-1-6-12(17)14(8)18/h1-6H,7H2. The minimum absolute atomic E-state index is 0.0298. The minimum atomic E-state index is -1.24. The second-order valence-electron chi connectivity index (χ2n) is 3.90. The molecule has 0 aliphatic heterocycles. The Bertz CT molecular complexity index is 620. The molecule has 2 rings (SSSR count). The molecule has 0 bridgehead atoms. The molecular weight excluding hydrogens is 277 g/mol. The fourth-order valence-corrected chi connectivity index (χ4v) is 1.91. The lowest BCUT2D eigenvalue weighted by atomic mass is 10.0. The Kier molecular flexibility index (Phi) is 3.90. The van der Waals surface area contributed by atoms with Gasteiger partial charge in [0.2, 0.25) is 0 Å². The molecule has 19 heavy (non-hydrogen) atoms. The molecule has 0 unspecified atom stereocenters. The zero-order valence-corrected chi connectivity index (χ0v) is 10.3. The van der Waals surface area contributed by atoms with Crippen LogP contribution < -0.4 is 0 Å². The summed E-state index contributed by atoms with van der Waals surface area (Å²) in [4.78, 5) is 11.9. The second kappa shape index (κ2) is 5.45. The SMILES string of the molecule is O=C(Cc1c(F)cccc1Cl)c1cccc(F)c1F. The van der Waals surface area contributed by atoms with Crippen LogP contribution in [0.5, 0.6) is 0 Å². The van der Waals surface area contributed by atoms with Crippen molar-refractivity contribution in [3.63, 3.8) is 0 Å². The van der Waals surface area contributed by atoms with Crippen molar-refractivity contribution in [2.24, 2.45) is 0 Å². The van der Waals surface area contributed by atoms with E-state index in [0.29, 0.717) is 0 Å². The summed E-state index contributed by atoms with van der Waals surface area (Å²) in [6.07, 6.45) is -0.425. The number of Topliss-reactive ketones (excluding diaryl/α,β-unsaturated/α-hetero) is 1. The first-order valence-corrected chi connectivity index (χ1v) is 5.78. The molecule has 0 aromatic heterocycles. The lowest BCUT2D eigenvalue weighted by Crippen LogP contribution is -2.09. The van der Waals surface area contributed by atoms with E-state index in [9.17, 15) is 18.0 Å². The number of hydrogen-bond donors (Lipinski definition) is 0. The van der Waals surface area contributed by atoms with Gasteiger partial charge in [0.25, 0.3) is 0 Å². The van der Waals surface area contributed by atoms with Crippen molar-refractivity contribution in [2.75, 3.05) is 0 Å². The first kappa shape index (κ1) is 13.6. The minimum Gasteiger partial charge on any atom is -0.294 e. The Hall–Kier alpha value is -1.81. The molecule has 0 atom stereocenters. The second-order valence-corrected chi connectivity index (χ2v) is 4.31. The van der Waals surface area contributed by atoms with Crippen LogP contribution in [0.2, 0.25) is 5.02 Å². The van der Waals surface area contributed by atoms with Gasteiger partial charge in [-0.25, -0.2) is 13.2 Å². The summed E-state index contributed by atoms with van der Waals surface area (Å²) in [6.45, 7) is 0. The topological polar surface area (TPSA) is 17.1 Å². The van der Waals surface area contributed by atoms with Crippen LogP contribution in [0.15, 0.2) is 36.4 Å². The van der Waals surface area contributed by atoms with E-state index in [1.165, 1.54) is 18.2 Å². The normalized spacial score (nSPS) is 10.5. The van der Waals surface area contributed by atoms with Crippen LogP contribution in [0.25, 0.3) is 0 Å². The maximum Gasteiger partial charge on any atom is 0.170 e. The number of carbonyl (C=O) groups is 1. The van der Waals surface area contributed by atoms with Gasteiger partial charge in [-0.05, 0) is 24.3 Å². The summed E-state index contributed by atoms with van der Waals surface area (Å²) in [5, 5.41) is 0.0742. The molecule has 0 heterocycles. The van der Waals surface area contributed by atoms with E-state index < -0.39 is 35.2 Å². The van der Waals surface area contributed by atoms with Gasteiger partial charge in [-0.2, -0.15) is 0 Å². The molecule has 5 heteroatoms. The van der Waals surface area contributed by atoms with Gasteiger partial charge in [-0.15, -0.1) is 0 Å². The van der Waals surface area contributed by atoms with E-state index in [4.69, 9.17) is 11.6 Å². The number of halogens is 4. The van der Waals surface area contributed by atoms with Gasteiger partial charge < -0.3 is 0 Å². The molecule has 0 fully saturated rings. The van der Waals surface area contributed by atoms with Crippen LogP contribution in [0.4, 0.5) is 13.2 Å². The third-order valence-corrected chi connectivity index (χ3v) is 3.01. The fraction of sp³-hybridized carbons (Fsp3) is 0.0714. The molecule has 0 saturated carbocycles. The third-order valence-electron chi connectivity index (χ3n) is 2.65.